The van der Waals surface area contributed by atoms with Crippen molar-refractivity contribution in [2.75, 3.05) is 61.5 Å². The smallest absolute Gasteiger partial charge is 0.326 e. The minimum Gasteiger partial charge on any atom is -0.480 e. The van der Waals surface area contributed by atoms with Crippen LogP contribution in [0.15, 0.2) is 30.3 Å². The summed E-state index contributed by atoms with van der Waals surface area (Å²) in [5.41, 5.74) is -1.02. The van der Waals surface area contributed by atoms with E-state index in [1.807, 2.05) is 77.0 Å². The van der Waals surface area contributed by atoms with Gasteiger partial charge in [0.15, 0.2) is 5.78 Å². The second-order valence-electron chi connectivity index (χ2n) is 21.7. The Morgan fingerprint density at radius 1 is 0.797 bits per heavy atom. The summed E-state index contributed by atoms with van der Waals surface area (Å²) in [5, 5.41) is 32.9. The van der Waals surface area contributed by atoms with Crippen molar-refractivity contribution in [1.82, 2.24) is 30.2 Å². The number of likely N-dealkylation sites (N-methyl/N-ethyl adjacent to an activating group) is 3. The van der Waals surface area contributed by atoms with E-state index < -0.39 is 82.6 Å². The summed E-state index contributed by atoms with van der Waals surface area (Å²) in [5.74, 6) is -4.56. The summed E-state index contributed by atoms with van der Waals surface area (Å²) in [6, 6.07) is 7.17. The molecule has 4 saturated heterocycles. The van der Waals surface area contributed by atoms with Crippen LogP contribution < -0.4 is 10.6 Å². The molecule has 18 heteroatoms. The second-order valence-corrected chi connectivity index (χ2v) is 21.7. The molecular weight excluding hydrogens is 949 g/mol. The molecule has 11 atom stereocenters. The maximum absolute atomic E-state index is 14.3. The Kier molecular flexibility index (Phi) is 27.7. The Labute approximate surface area is 444 Å². The van der Waals surface area contributed by atoms with Crippen LogP contribution in [0.25, 0.3) is 0 Å². The summed E-state index contributed by atoms with van der Waals surface area (Å²) in [4.78, 5) is 96.3. The molecule has 0 bridgehead atoms. The molecule has 5 rings (SSSR count). The van der Waals surface area contributed by atoms with Crippen molar-refractivity contribution in [3.63, 3.8) is 0 Å². The fourth-order valence-corrected chi connectivity index (χ4v) is 10.8. The van der Waals surface area contributed by atoms with Crippen LogP contribution in [-0.2, 0) is 49.5 Å². The number of amides is 3. The highest BCUT2D eigenvalue weighted by atomic mass is 16.5. The summed E-state index contributed by atoms with van der Waals surface area (Å²) in [7, 11) is 8.67. The number of carboxylic acid groups (broad SMARTS) is 3. The van der Waals surface area contributed by atoms with Gasteiger partial charge in [-0.05, 0) is 123 Å². The van der Waals surface area contributed by atoms with Crippen molar-refractivity contribution >= 4 is 41.4 Å². The minimum atomic E-state index is -1.13. The van der Waals surface area contributed by atoms with Gasteiger partial charge in [-0.25, -0.2) is 4.79 Å². The number of ketones is 1. The maximum Gasteiger partial charge on any atom is 0.326 e. The summed E-state index contributed by atoms with van der Waals surface area (Å²) < 4.78 is 11.9. The number of benzene rings is 1. The molecule has 424 valence electrons. The summed E-state index contributed by atoms with van der Waals surface area (Å²) in [6.45, 7) is 18.3. The minimum absolute atomic E-state index is 0. The van der Waals surface area contributed by atoms with E-state index >= 15 is 0 Å². The normalized spacial score (nSPS) is 25.5. The van der Waals surface area contributed by atoms with Gasteiger partial charge >= 0.3 is 17.9 Å². The average molecular weight is 1050 g/mol. The van der Waals surface area contributed by atoms with Crippen LogP contribution in [-0.4, -0.2) is 185 Å². The number of rotatable bonds is 22. The molecule has 0 saturated carbocycles. The number of likely N-dealkylation sites (tertiary alicyclic amines) is 3. The lowest BCUT2D eigenvalue weighted by molar-refractivity contribution is -0.149. The number of methoxy groups -OCH3 is 2. The lowest BCUT2D eigenvalue weighted by Gasteiger charge is -2.41. The fraction of sp³-hybridized carbons (Fsp3) is 0.768. The lowest BCUT2D eigenvalue weighted by Crippen LogP contribution is -2.55. The topological polar surface area (TPSA) is 236 Å². The third-order valence-electron chi connectivity index (χ3n) is 16.6. The van der Waals surface area contributed by atoms with Crippen molar-refractivity contribution in [3.05, 3.63) is 35.9 Å². The molecule has 0 aromatic heterocycles. The van der Waals surface area contributed by atoms with E-state index in [2.05, 4.69) is 22.5 Å². The Balaban J connectivity index is 0.00000108. The van der Waals surface area contributed by atoms with Crippen LogP contribution in [0.5, 0.6) is 0 Å². The standard InChI is InChI=1S/C41H66N4O8.C7H13NO2.C6H11NO2.2CH4/c1-11-27(4)36(44(8)39(49)30(26(2)3)24-34(46)41(6)20-16-21-43(41)7)33(52-9)25-35(47)45-22-15-19-32(45)37(53-10)28(5)38(48)42-31(40(50)51)23-29-17-13-12-14-18-29;1-7(6(9)10)4-3-5-8(7)2;1-6(5(8)9)3-2-4-7-6;;/h12-14,17-18,26-28,30-33,36-37H,11,15-16,19-25H2,1-10H3,(H,42,48)(H,50,51);3-5H2,1-2H3,(H,9,10);7H,2-4H2,1H3,(H,8,9);2*1H4/t27-,28+,30-,31-,32-,33+,36-,37+,41+;7-;6-;;/m011../s1. The molecule has 0 unspecified atom stereocenters. The number of hydrogen-bond acceptors (Lipinski definition) is 12. The summed E-state index contributed by atoms with van der Waals surface area (Å²) in [6.07, 6.45) is 6.34. The number of aliphatic carboxylic acids is 3. The van der Waals surface area contributed by atoms with E-state index in [9.17, 15) is 38.7 Å². The van der Waals surface area contributed by atoms with Gasteiger partial charge < -0.3 is 45.2 Å². The molecule has 4 heterocycles. The van der Waals surface area contributed by atoms with Gasteiger partial charge in [-0.15, -0.1) is 0 Å². The predicted octanol–water partition coefficient (Wildman–Crippen LogP) is 6.48. The predicted molar refractivity (Wildman–Crippen MR) is 289 cm³/mol. The quantitative estimate of drug-likeness (QED) is 0.0837. The second kappa shape index (κ2) is 30.3. The van der Waals surface area contributed by atoms with Gasteiger partial charge in [-0.3, -0.25) is 38.6 Å². The van der Waals surface area contributed by atoms with E-state index in [0.717, 1.165) is 76.6 Å². The number of hydrogen-bond donors (Lipinski definition) is 5. The van der Waals surface area contributed by atoms with Gasteiger partial charge in [0.05, 0.1) is 42.2 Å². The highest BCUT2D eigenvalue weighted by Crippen LogP contribution is 2.34. The molecule has 74 heavy (non-hydrogen) atoms. The van der Waals surface area contributed by atoms with Crippen molar-refractivity contribution in [2.45, 2.75) is 194 Å². The Hall–Kier alpha value is -4.49. The molecule has 4 fully saturated rings. The Bertz CT molecular complexity index is 1970. The molecule has 1 aromatic rings. The molecule has 4 aliphatic rings. The van der Waals surface area contributed by atoms with E-state index in [-0.39, 0.29) is 63.5 Å². The van der Waals surface area contributed by atoms with Crippen LogP contribution in [0.4, 0.5) is 0 Å². The zero-order valence-electron chi connectivity index (χ0n) is 45.7. The number of ether oxygens (including phenoxy) is 2. The SMILES string of the molecule is C.C.CC[C@H](C)[C@@H]([C@@H](CC(=O)N1CCC[C@H]1[C@H](OC)[C@@H](C)C(=O)N[C@@H](Cc1ccccc1)C(=O)O)OC)N(C)C(=O)[C@@H](CC(=O)[C@@]1(C)CCCN1C)C(C)C.CN1CCC[C@]1(C)C(=O)O.C[C@]1(C(=O)O)CCCN1. The van der Waals surface area contributed by atoms with Crippen molar-refractivity contribution < 1.29 is 58.4 Å². The molecular formula is C56H98N6O12. The van der Waals surface area contributed by atoms with Crippen LogP contribution in [0.3, 0.4) is 0 Å². The lowest BCUT2D eigenvalue weighted by atomic mass is 9.81. The van der Waals surface area contributed by atoms with E-state index in [4.69, 9.17) is 19.7 Å². The van der Waals surface area contributed by atoms with Gasteiger partial charge in [0, 0.05) is 46.6 Å². The zero-order valence-corrected chi connectivity index (χ0v) is 45.7. The van der Waals surface area contributed by atoms with Crippen molar-refractivity contribution in [3.8, 4) is 0 Å². The van der Waals surface area contributed by atoms with Crippen LogP contribution in [0.1, 0.15) is 146 Å². The molecule has 0 radical (unpaired) electrons. The van der Waals surface area contributed by atoms with Gasteiger partial charge in [0.2, 0.25) is 17.7 Å². The van der Waals surface area contributed by atoms with E-state index in [0.29, 0.717) is 13.0 Å². The number of Topliss-reactive ketones (excluding diaryl/α,β-unsaturated/α-hetero) is 1. The first-order valence-electron chi connectivity index (χ1n) is 26.1. The van der Waals surface area contributed by atoms with Gasteiger partial charge in [-0.1, -0.05) is 86.2 Å². The van der Waals surface area contributed by atoms with Crippen LogP contribution in [0, 0.1) is 23.7 Å². The van der Waals surface area contributed by atoms with Crippen molar-refractivity contribution in [2.24, 2.45) is 23.7 Å². The highest BCUT2D eigenvalue weighted by Gasteiger charge is 2.46. The largest absolute Gasteiger partial charge is 0.480 e. The third-order valence-corrected chi connectivity index (χ3v) is 16.6. The molecule has 3 amide bonds. The fourth-order valence-electron chi connectivity index (χ4n) is 10.8. The average Bonchev–Trinajstić information content (AvgIpc) is 4.17. The van der Waals surface area contributed by atoms with E-state index in [1.54, 1.807) is 44.7 Å². The monoisotopic (exact) mass is 1050 g/mol. The Morgan fingerprint density at radius 2 is 1.38 bits per heavy atom. The number of nitrogens with zero attached hydrogens (tertiary/aromatic N) is 4. The molecule has 0 spiro atoms. The third kappa shape index (κ3) is 17.0. The van der Waals surface area contributed by atoms with Crippen LogP contribution >= 0.6 is 0 Å². The van der Waals surface area contributed by atoms with Crippen molar-refractivity contribution in [1.29, 1.82) is 0 Å². The first-order valence-corrected chi connectivity index (χ1v) is 26.1. The maximum atomic E-state index is 14.3. The highest BCUT2D eigenvalue weighted by molar-refractivity contribution is 5.93. The first-order chi connectivity index (χ1) is 33.7. The summed E-state index contributed by atoms with van der Waals surface area (Å²) >= 11 is 0. The van der Waals surface area contributed by atoms with E-state index in [1.165, 1.54) is 7.11 Å². The first kappa shape index (κ1) is 67.5. The number of carboxylic acids is 3. The Morgan fingerprint density at radius 3 is 1.80 bits per heavy atom. The number of carbonyl (C=O) groups excluding carboxylic acids is 4. The number of carbonyl (C=O) groups is 7. The molecule has 0 aliphatic carbocycles. The molecule has 4 aliphatic heterocycles. The zero-order chi connectivity index (χ0) is 54.3. The van der Waals surface area contributed by atoms with Gasteiger partial charge in [0.1, 0.15) is 17.1 Å². The molecule has 18 nitrogen and oxygen atoms in total. The molecule has 1 aromatic carbocycles. The van der Waals surface area contributed by atoms with Gasteiger partial charge in [-0.2, -0.15) is 0 Å². The molecule has 5 N–H and O–H groups in total. The number of nitrogens with one attached hydrogen (secondary N) is 2. The van der Waals surface area contributed by atoms with Crippen LogP contribution in [0.2, 0.25) is 0 Å². The van der Waals surface area contributed by atoms with Gasteiger partial charge in [0.25, 0.3) is 0 Å².